The number of carbonyl (C=O) groups is 1. The molecule has 0 aliphatic rings. The fourth-order valence-corrected chi connectivity index (χ4v) is 5.89. The summed E-state index contributed by atoms with van der Waals surface area (Å²) in [6.45, 7) is 16.6. The van der Waals surface area contributed by atoms with Crippen molar-refractivity contribution < 1.29 is 23.4 Å². The Kier molecular flexibility index (Phi) is 10.9. The Morgan fingerprint density at radius 2 is 1.66 bits per heavy atom. The molecule has 0 aromatic heterocycles. The zero-order valence-electron chi connectivity index (χ0n) is 23.6. The van der Waals surface area contributed by atoms with E-state index in [0.717, 1.165) is 11.1 Å². The summed E-state index contributed by atoms with van der Waals surface area (Å²) in [5.74, 6) is 1.60. The highest BCUT2D eigenvalue weighted by Gasteiger charge is 2.40. The van der Waals surface area contributed by atoms with Gasteiger partial charge in [-0.2, -0.15) is 5.26 Å². The Hall–Kier alpha value is -2.06. The second-order valence-electron chi connectivity index (χ2n) is 11.5. The Labute approximate surface area is 244 Å². The topological polar surface area (TPSA) is 89.8 Å². The Morgan fingerprint density at radius 3 is 2.16 bits per heavy atom. The zero-order chi connectivity index (χ0) is 28.9. The molecule has 0 saturated carbocycles. The lowest BCUT2D eigenvalue weighted by Gasteiger charge is -2.39. The van der Waals surface area contributed by atoms with Crippen LogP contribution >= 0.6 is 31.9 Å². The molecule has 1 atom stereocenters. The molecule has 2 aromatic carbocycles. The van der Waals surface area contributed by atoms with Crippen LogP contribution < -0.4 is 14.8 Å². The van der Waals surface area contributed by atoms with Gasteiger partial charge in [0.2, 0.25) is 0 Å². The largest absolute Gasteiger partial charge is 0.493 e. The SMILES string of the molecule is COc1ccc(CC#N)cc1Oc1c(Br)cc([C@@H](CNC(=O)OC(C)(C)C)O[Si](C)(C)C(C)(C)C)cc1Br. The maximum absolute atomic E-state index is 12.4. The van der Waals surface area contributed by atoms with Crippen LogP contribution in [0.3, 0.4) is 0 Å². The average molecular weight is 671 g/mol. The smallest absolute Gasteiger partial charge is 0.407 e. The van der Waals surface area contributed by atoms with Crippen molar-refractivity contribution >= 4 is 46.3 Å². The molecule has 1 N–H and O–H groups in total. The van der Waals surface area contributed by atoms with Crippen LogP contribution in [0.2, 0.25) is 18.1 Å². The number of nitrogens with zero attached hydrogens (tertiary/aromatic N) is 1. The predicted molar refractivity (Wildman–Crippen MR) is 159 cm³/mol. The molecular formula is C28H38Br2N2O5Si. The fraction of sp³-hybridized carbons (Fsp3) is 0.500. The number of benzene rings is 2. The highest BCUT2D eigenvalue weighted by Crippen LogP contribution is 2.44. The maximum Gasteiger partial charge on any atom is 0.407 e. The monoisotopic (exact) mass is 668 g/mol. The number of amides is 1. The Bertz CT molecular complexity index is 1160. The van der Waals surface area contributed by atoms with E-state index >= 15 is 0 Å². The molecule has 0 spiro atoms. The van der Waals surface area contributed by atoms with Crippen LogP contribution in [0.1, 0.15) is 58.8 Å². The molecule has 0 radical (unpaired) electrons. The minimum Gasteiger partial charge on any atom is -0.493 e. The van der Waals surface area contributed by atoms with Gasteiger partial charge in [-0.1, -0.05) is 26.8 Å². The van der Waals surface area contributed by atoms with E-state index in [1.165, 1.54) is 0 Å². The minimum absolute atomic E-state index is 0.0281. The summed E-state index contributed by atoms with van der Waals surface area (Å²) in [4.78, 5) is 12.4. The van der Waals surface area contributed by atoms with E-state index in [0.29, 0.717) is 26.2 Å². The van der Waals surface area contributed by atoms with Gasteiger partial charge < -0.3 is 24.0 Å². The molecule has 1 amide bonds. The first-order chi connectivity index (χ1) is 17.5. The van der Waals surface area contributed by atoms with Crippen molar-refractivity contribution in [3.63, 3.8) is 0 Å². The van der Waals surface area contributed by atoms with E-state index in [9.17, 15) is 4.79 Å². The van der Waals surface area contributed by atoms with Gasteiger partial charge in [-0.25, -0.2) is 4.79 Å². The van der Waals surface area contributed by atoms with Crippen LogP contribution in [0.4, 0.5) is 4.79 Å². The number of hydrogen-bond acceptors (Lipinski definition) is 6. The van der Waals surface area contributed by atoms with Crippen LogP contribution in [0.15, 0.2) is 39.3 Å². The summed E-state index contributed by atoms with van der Waals surface area (Å²) in [6.07, 6.45) is -0.652. The highest BCUT2D eigenvalue weighted by atomic mass is 79.9. The zero-order valence-corrected chi connectivity index (χ0v) is 27.8. The Balaban J connectivity index is 2.43. The quantitative estimate of drug-likeness (QED) is 0.269. The van der Waals surface area contributed by atoms with Crippen LogP contribution in [-0.2, 0) is 15.6 Å². The minimum atomic E-state index is -2.20. The fourth-order valence-electron chi connectivity index (χ4n) is 3.23. The number of rotatable bonds is 9. The summed E-state index contributed by atoms with van der Waals surface area (Å²) in [5.41, 5.74) is 1.08. The standard InChI is InChI=1S/C28H38Br2N2O5Si/c1-27(2,3)36-26(33)32-17-24(37-38(8,9)28(4,5)6)19-15-20(29)25(21(30)16-19)35-23-14-18(12-13-31)10-11-22(23)34-7/h10-11,14-16,24H,12,17H2,1-9H3,(H,32,33)/t24-/m1/s1. The molecule has 7 nitrogen and oxygen atoms in total. The molecule has 38 heavy (non-hydrogen) atoms. The molecule has 0 aliphatic carbocycles. The van der Waals surface area contributed by atoms with Crippen molar-refractivity contribution in [2.75, 3.05) is 13.7 Å². The van der Waals surface area contributed by atoms with Gasteiger partial charge in [0.15, 0.2) is 25.6 Å². The molecular weight excluding hydrogens is 632 g/mol. The van der Waals surface area contributed by atoms with Gasteiger partial charge in [-0.05, 0) is 106 Å². The molecule has 0 heterocycles. The van der Waals surface area contributed by atoms with Crippen molar-refractivity contribution in [3.05, 3.63) is 50.4 Å². The lowest BCUT2D eigenvalue weighted by Crippen LogP contribution is -2.44. The first-order valence-corrected chi connectivity index (χ1v) is 16.8. The number of carbonyl (C=O) groups excluding carboxylic acids is 1. The number of hydrogen-bond donors (Lipinski definition) is 1. The third-order valence-electron chi connectivity index (χ3n) is 6.19. The average Bonchev–Trinajstić information content (AvgIpc) is 2.77. The lowest BCUT2D eigenvalue weighted by molar-refractivity contribution is 0.0496. The summed E-state index contributed by atoms with van der Waals surface area (Å²) in [6, 6.07) is 11.4. The van der Waals surface area contributed by atoms with Crippen molar-refractivity contribution in [2.24, 2.45) is 0 Å². The van der Waals surface area contributed by atoms with Gasteiger partial charge >= 0.3 is 6.09 Å². The van der Waals surface area contributed by atoms with Crippen LogP contribution in [-0.4, -0.2) is 33.7 Å². The van der Waals surface area contributed by atoms with E-state index in [1.54, 1.807) is 19.2 Å². The normalized spacial score (nSPS) is 12.9. The molecule has 2 rings (SSSR count). The molecule has 0 unspecified atom stereocenters. The van der Waals surface area contributed by atoms with Crippen molar-refractivity contribution in [3.8, 4) is 23.3 Å². The molecule has 2 aromatic rings. The van der Waals surface area contributed by atoms with E-state index in [-0.39, 0.29) is 18.0 Å². The predicted octanol–water partition coefficient (Wildman–Crippen LogP) is 8.67. The number of ether oxygens (including phenoxy) is 3. The molecule has 0 bridgehead atoms. The van der Waals surface area contributed by atoms with Gasteiger partial charge in [0.25, 0.3) is 0 Å². The van der Waals surface area contributed by atoms with Crippen molar-refractivity contribution in [1.29, 1.82) is 5.26 Å². The number of halogens is 2. The highest BCUT2D eigenvalue weighted by molar-refractivity contribution is 9.11. The van der Waals surface area contributed by atoms with E-state index < -0.39 is 26.1 Å². The lowest BCUT2D eigenvalue weighted by atomic mass is 10.1. The van der Waals surface area contributed by atoms with E-state index in [1.807, 2.05) is 39.0 Å². The third kappa shape index (κ3) is 9.01. The van der Waals surface area contributed by atoms with Crippen LogP contribution in [0, 0.1) is 11.3 Å². The molecule has 208 valence electrons. The second kappa shape index (κ2) is 12.9. The van der Waals surface area contributed by atoms with Gasteiger partial charge in [0.05, 0.1) is 41.2 Å². The van der Waals surface area contributed by atoms with E-state index in [4.69, 9.17) is 23.9 Å². The summed E-state index contributed by atoms with van der Waals surface area (Å²) in [5, 5.41) is 11.9. The summed E-state index contributed by atoms with van der Waals surface area (Å²) in [7, 11) is -0.633. The van der Waals surface area contributed by atoms with Crippen molar-refractivity contribution in [1.82, 2.24) is 5.32 Å². The van der Waals surface area contributed by atoms with Crippen LogP contribution in [0.25, 0.3) is 0 Å². The van der Waals surface area contributed by atoms with Gasteiger partial charge in [-0.3, -0.25) is 0 Å². The molecule has 0 fully saturated rings. The molecule has 0 aliphatic heterocycles. The summed E-state index contributed by atoms with van der Waals surface area (Å²) >= 11 is 7.31. The van der Waals surface area contributed by atoms with Gasteiger partial charge in [0, 0.05) is 0 Å². The van der Waals surface area contributed by atoms with Gasteiger partial charge in [0.1, 0.15) is 5.60 Å². The van der Waals surface area contributed by atoms with Crippen LogP contribution in [0.5, 0.6) is 17.2 Å². The first-order valence-electron chi connectivity index (χ1n) is 12.3. The second-order valence-corrected chi connectivity index (χ2v) is 18.0. The summed E-state index contributed by atoms with van der Waals surface area (Å²) < 4.78 is 25.3. The number of nitriles is 1. The molecule has 0 saturated heterocycles. The third-order valence-corrected chi connectivity index (χ3v) is 11.9. The van der Waals surface area contributed by atoms with Crippen molar-refractivity contribution in [2.45, 2.75) is 77.8 Å². The maximum atomic E-state index is 12.4. The van der Waals surface area contributed by atoms with E-state index in [2.05, 4.69) is 77.1 Å². The first kappa shape index (κ1) is 32.2. The molecule has 10 heteroatoms. The van der Waals surface area contributed by atoms with Gasteiger partial charge in [-0.15, -0.1) is 0 Å². The number of nitrogens with one attached hydrogen (secondary N) is 1. The number of alkyl carbamates (subject to hydrolysis) is 1. The Morgan fingerprint density at radius 1 is 1.05 bits per heavy atom. The number of methoxy groups -OCH3 is 1.